The topological polar surface area (TPSA) is 58.5 Å². The van der Waals surface area contributed by atoms with Gasteiger partial charge in [0.25, 0.3) is 10.0 Å². The average Bonchev–Trinajstić information content (AvgIpc) is 2.39. The Balaban J connectivity index is 2.05. The highest BCUT2D eigenvalue weighted by Crippen LogP contribution is 2.30. The molecule has 20 heavy (non-hydrogen) atoms. The van der Waals surface area contributed by atoms with Crippen molar-refractivity contribution in [2.24, 2.45) is 4.40 Å². The minimum absolute atomic E-state index is 0.271. The summed E-state index contributed by atoms with van der Waals surface area (Å²) in [7, 11) is -3.56. The molecule has 2 rings (SSSR count). The molecule has 110 valence electrons. The summed E-state index contributed by atoms with van der Waals surface area (Å²) in [5, 5.41) is 3.59. The van der Waals surface area contributed by atoms with Crippen LogP contribution in [0.5, 0.6) is 0 Å². The van der Waals surface area contributed by atoms with E-state index >= 15 is 0 Å². The van der Waals surface area contributed by atoms with E-state index in [2.05, 4.69) is 16.6 Å². The number of amidine groups is 1. The molecule has 0 fully saturated rings. The largest absolute Gasteiger partial charge is 0.333 e. The van der Waals surface area contributed by atoms with Crippen LogP contribution in [-0.2, 0) is 10.0 Å². The zero-order valence-corrected chi connectivity index (χ0v) is 13.5. The molecule has 0 aromatic heterocycles. The van der Waals surface area contributed by atoms with Crippen molar-refractivity contribution < 1.29 is 8.42 Å². The van der Waals surface area contributed by atoms with Gasteiger partial charge in [0.15, 0.2) is 5.17 Å². The highest BCUT2D eigenvalue weighted by Gasteiger charge is 2.24. The molecule has 0 radical (unpaired) electrons. The summed E-state index contributed by atoms with van der Waals surface area (Å²) >= 11 is 1.48. The minimum atomic E-state index is -3.56. The predicted molar refractivity (Wildman–Crippen MR) is 86.0 cm³/mol. The van der Waals surface area contributed by atoms with Gasteiger partial charge in [0.05, 0.1) is 5.69 Å². The molecule has 0 bridgehead atoms. The third-order valence-corrected chi connectivity index (χ3v) is 5.49. The van der Waals surface area contributed by atoms with Crippen LogP contribution in [0.15, 0.2) is 27.5 Å². The van der Waals surface area contributed by atoms with E-state index in [0.717, 1.165) is 17.7 Å². The Morgan fingerprint density at radius 2 is 2.05 bits per heavy atom. The molecule has 1 heterocycles. The highest BCUT2D eigenvalue weighted by molar-refractivity contribution is 8.14. The molecule has 1 aliphatic heterocycles. The number of rotatable bonds is 5. The highest BCUT2D eigenvalue weighted by atomic mass is 32.2. The molecule has 1 aliphatic rings. The molecule has 4 nitrogen and oxygen atoms in total. The van der Waals surface area contributed by atoms with Crippen LogP contribution in [0.2, 0.25) is 0 Å². The van der Waals surface area contributed by atoms with Crippen molar-refractivity contribution in [2.75, 3.05) is 11.1 Å². The van der Waals surface area contributed by atoms with E-state index in [1.54, 1.807) is 12.1 Å². The number of hydrogen-bond donors (Lipinski definition) is 1. The third kappa shape index (κ3) is 3.76. The fourth-order valence-corrected chi connectivity index (χ4v) is 4.33. The molecule has 0 spiro atoms. The maximum Gasteiger partial charge on any atom is 0.286 e. The summed E-state index contributed by atoms with van der Waals surface area (Å²) in [5.74, 6) is 0.891. The van der Waals surface area contributed by atoms with Crippen LogP contribution in [0.25, 0.3) is 0 Å². The summed E-state index contributed by atoms with van der Waals surface area (Å²) in [4.78, 5) is 0.271. The number of anilines is 1. The first-order valence-corrected chi connectivity index (χ1v) is 9.31. The second-order valence-electron chi connectivity index (χ2n) is 4.91. The first kappa shape index (κ1) is 15.4. The van der Waals surface area contributed by atoms with Crippen molar-refractivity contribution in [3.05, 3.63) is 23.8 Å². The van der Waals surface area contributed by atoms with Gasteiger partial charge >= 0.3 is 0 Å². The van der Waals surface area contributed by atoms with Gasteiger partial charge < -0.3 is 5.32 Å². The first-order chi connectivity index (χ1) is 9.53. The maximum atomic E-state index is 12.1. The van der Waals surface area contributed by atoms with Crippen LogP contribution in [0.4, 0.5) is 5.69 Å². The quantitative estimate of drug-likeness (QED) is 0.841. The molecule has 1 aromatic rings. The molecule has 0 unspecified atom stereocenters. The smallest absolute Gasteiger partial charge is 0.286 e. The Kier molecular flexibility index (Phi) is 5.10. The normalized spacial score (nSPS) is 16.2. The SMILES string of the molecule is CCCCCCSC1=NS(=O)(=O)c2cc(C)ccc2N1. The second kappa shape index (κ2) is 6.63. The van der Waals surface area contributed by atoms with E-state index in [9.17, 15) is 8.42 Å². The first-order valence-electron chi connectivity index (χ1n) is 6.88. The molecule has 0 saturated carbocycles. The zero-order chi connectivity index (χ0) is 14.6. The van der Waals surface area contributed by atoms with E-state index in [1.807, 2.05) is 13.0 Å². The molecule has 0 amide bonds. The lowest BCUT2D eigenvalue weighted by atomic mass is 10.2. The average molecular weight is 312 g/mol. The fraction of sp³-hybridized carbons (Fsp3) is 0.500. The van der Waals surface area contributed by atoms with Gasteiger partial charge in [-0.15, -0.1) is 4.40 Å². The van der Waals surface area contributed by atoms with Crippen molar-refractivity contribution in [3.8, 4) is 0 Å². The predicted octanol–water partition coefficient (Wildman–Crippen LogP) is 3.78. The van der Waals surface area contributed by atoms with E-state index in [1.165, 1.54) is 31.0 Å². The van der Waals surface area contributed by atoms with Crippen LogP contribution >= 0.6 is 11.8 Å². The van der Waals surface area contributed by atoms with Crippen molar-refractivity contribution in [1.29, 1.82) is 0 Å². The molecule has 0 saturated heterocycles. The van der Waals surface area contributed by atoms with Gasteiger partial charge in [0.1, 0.15) is 4.90 Å². The fourth-order valence-electron chi connectivity index (χ4n) is 2.00. The van der Waals surface area contributed by atoms with Crippen molar-refractivity contribution in [2.45, 2.75) is 44.4 Å². The van der Waals surface area contributed by atoms with E-state index in [4.69, 9.17) is 0 Å². The molecule has 1 N–H and O–H groups in total. The summed E-state index contributed by atoms with van der Waals surface area (Å²) < 4.78 is 28.1. The monoisotopic (exact) mass is 312 g/mol. The number of unbranched alkanes of at least 4 members (excludes halogenated alkanes) is 3. The van der Waals surface area contributed by atoms with Gasteiger partial charge in [-0.2, -0.15) is 8.42 Å². The Morgan fingerprint density at radius 1 is 1.25 bits per heavy atom. The van der Waals surface area contributed by atoms with Gasteiger partial charge in [-0.3, -0.25) is 0 Å². The zero-order valence-electron chi connectivity index (χ0n) is 11.8. The molecule has 0 aliphatic carbocycles. The van der Waals surface area contributed by atoms with Gasteiger partial charge in [-0.25, -0.2) is 0 Å². The number of sulfonamides is 1. The number of aryl methyl sites for hydroxylation is 1. The molecular weight excluding hydrogens is 292 g/mol. The van der Waals surface area contributed by atoms with Crippen molar-refractivity contribution in [1.82, 2.24) is 0 Å². The molecule has 0 atom stereocenters. The van der Waals surface area contributed by atoms with Gasteiger partial charge in [-0.1, -0.05) is 44.0 Å². The lowest BCUT2D eigenvalue weighted by Crippen LogP contribution is -2.19. The Bertz CT molecular complexity index is 610. The number of hydrogen-bond acceptors (Lipinski definition) is 4. The number of thioether (sulfide) groups is 1. The lowest BCUT2D eigenvalue weighted by molar-refractivity contribution is 0.598. The van der Waals surface area contributed by atoms with Crippen LogP contribution in [0.1, 0.15) is 38.2 Å². The van der Waals surface area contributed by atoms with E-state index in [-0.39, 0.29) is 4.90 Å². The minimum Gasteiger partial charge on any atom is -0.333 e. The number of fused-ring (bicyclic) bond motifs is 1. The van der Waals surface area contributed by atoms with E-state index < -0.39 is 10.0 Å². The van der Waals surface area contributed by atoms with Crippen LogP contribution < -0.4 is 5.32 Å². The van der Waals surface area contributed by atoms with Crippen LogP contribution in [-0.4, -0.2) is 19.3 Å². The van der Waals surface area contributed by atoms with Crippen molar-refractivity contribution in [3.63, 3.8) is 0 Å². The summed E-state index contributed by atoms with van der Waals surface area (Å²) in [5.41, 5.74) is 1.54. The van der Waals surface area contributed by atoms with Gasteiger partial charge in [0.2, 0.25) is 0 Å². The molecule has 1 aromatic carbocycles. The van der Waals surface area contributed by atoms with Crippen LogP contribution in [0, 0.1) is 6.92 Å². The Morgan fingerprint density at radius 3 is 2.80 bits per heavy atom. The standard InChI is InChI=1S/C14H20N2O2S2/c1-3-4-5-6-9-19-14-15-12-8-7-11(2)10-13(12)20(17,18)16-14/h7-8,10H,3-6,9H2,1-2H3,(H,15,16). The Labute approximate surface area is 125 Å². The number of nitrogens with zero attached hydrogens (tertiary/aromatic N) is 1. The number of benzene rings is 1. The Hall–Kier alpha value is -1.01. The maximum absolute atomic E-state index is 12.1. The van der Waals surface area contributed by atoms with E-state index in [0.29, 0.717) is 10.9 Å². The summed E-state index contributed by atoms with van der Waals surface area (Å²) in [6.45, 7) is 4.04. The van der Waals surface area contributed by atoms with Crippen LogP contribution in [0.3, 0.4) is 0 Å². The lowest BCUT2D eigenvalue weighted by Gasteiger charge is -2.18. The summed E-state index contributed by atoms with van der Waals surface area (Å²) in [6.07, 6.45) is 4.69. The summed E-state index contributed by atoms with van der Waals surface area (Å²) in [6, 6.07) is 5.36. The van der Waals surface area contributed by atoms with Gasteiger partial charge in [0, 0.05) is 5.75 Å². The third-order valence-electron chi connectivity index (χ3n) is 3.10. The second-order valence-corrected chi connectivity index (χ2v) is 7.56. The number of nitrogens with one attached hydrogen (secondary N) is 1. The molecular formula is C14H20N2O2S2. The molecule has 6 heteroatoms. The van der Waals surface area contributed by atoms with Crippen molar-refractivity contribution >= 4 is 32.6 Å². The van der Waals surface area contributed by atoms with Gasteiger partial charge in [-0.05, 0) is 31.0 Å².